The van der Waals surface area contributed by atoms with Crippen molar-refractivity contribution < 1.29 is 4.79 Å². The molecule has 0 aliphatic carbocycles. The monoisotopic (exact) mass is 375 g/mol. The maximum absolute atomic E-state index is 11.5. The normalized spacial score (nSPS) is 10.9. The third kappa shape index (κ3) is 3.37. The second-order valence-corrected chi connectivity index (χ2v) is 6.79. The molecule has 3 N–H and O–H groups in total. The Morgan fingerprint density at radius 1 is 1.19 bits per heavy atom. The lowest BCUT2D eigenvalue weighted by Crippen LogP contribution is -2.11. The average Bonchev–Trinajstić information content (AvgIpc) is 3.07. The molecule has 0 fully saturated rings. The zero-order chi connectivity index (χ0) is 18.8. The molecule has 4 aromatic rings. The van der Waals surface area contributed by atoms with Crippen molar-refractivity contribution in [1.29, 1.82) is 0 Å². The molecule has 7 heteroatoms. The van der Waals surface area contributed by atoms with Crippen LogP contribution in [0.25, 0.3) is 16.9 Å². The summed E-state index contributed by atoms with van der Waals surface area (Å²) in [5.41, 5.74) is 9.13. The minimum Gasteiger partial charge on any atom is -0.366 e. The topological polar surface area (TPSA) is 85.3 Å². The second kappa shape index (κ2) is 7.13. The highest BCUT2D eigenvalue weighted by Crippen LogP contribution is 2.32. The van der Waals surface area contributed by atoms with Crippen molar-refractivity contribution in [3.05, 3.63) is 72.7 Å². The number of nitrogens with one attached hydrogen (secondary N) is 1. The lowest BCUT2D eigenvalue weighted by Gasteiger charge is -2.10. The second-order valence-electron chi connectivity index (χ2n) is 5.91. The Labute approximate surface area is 160 Å². The lowest BCUT2D eigenvalue weighted by atomic mass is 10.1. The van der Waals surface area contributed by atoms with Crippen LogP contribution < -0.4 is 11.1 Å². The number of rotatable bonds is 5. The maximum Gasteiger partial charge on any atom is 0.248 e. The summed E-state index contributed by atoms with van der Waals surface area (Å²) in [6.07, 6.45) is 7.32. The SMILES string of the molecule is CSc1ccc(-c2nc3cnccn3c2Nc2cccc(C(N)=O)c2)cc1. The van der Waals surface area contributed by atoms with Gasteiger partial charge in [0, 0.05) is 34.1 Å². The molecule has 0 atom stereocenters. The summed E-state index contributed by atoms with van der Waals surface area (Å²) < 4.78 is 1.93. The molecule has 0 unspecified atom stereocenters. The zero-order valence-corrected chi connectivity index (χ0v) is 15.4. The number of thioether (sulfide) groups is 1. The van der Waals surface area contributed by atoms with Gasteiger partial charge in [0.05, 0.1) is 6.20 Å². The number of nitrogens with zero attached hydrogens (tertiary/aromatic N) is 3. The lowest BCUT2D eigenvalue weighted by molar-refractivity contribution is 0.100. The van der Waals surface area contributed by atoms with Crippen molar-refractivity contribution >= 4 is 34.8 Å². The molecule has 0 bridgehead atoms. The number of amides is 1. The first-order chi connectivity index (χ1) is 13.2. The summed E-state index contributed by atoms with van der Waals surface area (Å²) in [7, 11) is 0. The molecule has 4 rings (SSSR count). The quantitative estimate of drug-likeness (QED) is 0.516. The standard InChI is InChI=1S/C20H17N5OS/c1-27-16-7-5-13(6-8-16)18-20(25-10-9-22-12-17(25)24-18)23-15-4-2-3-14(11-15)19(21)26/h2-12,23H,1H3,(H2,21,26). The van der Waals surface area contributed by atoms with Crippen LogP contribution in [0, 0.1) is 0 Å². The van der Waals surface area contributed by atoms with Crippen LogP contribution in [0.4, 0.5) is 11.5 Å². The van der Waals surface area contributed by atoms with Crippen molar-refractivity contribution in [2.75, 3.05) is 11.6 Å². The molecule has 0 radical (unpaired) electrons. The van der Waals surface area contributed by atoms with Gasteiger partial charge in [-0.2, -0.15) is 0 Å². The number of aromatic nitrogens is 3. The fourth-order valence-corrected chi connectivity index (χ4v) is 3.27. The molecule has 0 aliphatic rings. The van der Waals surface area contributed by atoms with Gasteiger partial charge in [-0.15, -0.1) is 11.8 Å². The van der Waals surface area contributed by atoms with Gasteiger partial charge < -0.3 is 11.1 Å². The van der Waals surface area contributed by atoms with Crippen LogP contribution in [0.5, 0.6) is 0 Å². The van der Waals surface area contributed by atoms with Crippen molar-refractivity contribution in [2.45, 2.75) is 4.90 Å². The minimum absolute atomic E-state index is 0.446. The number of anilines is 2. The molecule has 0 aliphatic heterocycles. The molecule has 0 spiro atoms. The molecular formula is C20H17N5OS. The Hall–Kier alpha value is -3.32. The van der Waals surface area contributed by atoms with E-state index in [9.17, 15) is 4.79 Å². The largest absolute Gasteiger partial charge is 0.366 e. The predicted octanol–water partition coefficient (Wildman–Crippen LogP) is 3.96. The number of primary amides is 1. The van der Waals surface area contributed by atoms with Crippen LogP contribution in [0.15, 0.2) is 72.0 Å². The van der Waals surface area contributed by atoms with E-state index in [-0.39, 0.29) is 0 Å². The van der Waals surface area contributed by atoms with E-state index in [0.29, 0.717) is 5.56 Å². The van der Waals surface area contributed by atoms with Gasteiger partial charge in [0.2, 0.25) is 5.91 Å². The van der Waals surface area contributed by atoms with Crippen LogP contribution in [0.2, 0.25) is 0 Å². The van der Waals surface area contributed by atoms with Gasteiger partial charge in [0.25, 0.3) is 0 Å². The maximum atomic E-state index is 11.5. The number of fused-ring (bicyclic) bond motifs is 1. The minimum atomic E-state index is -0.464. The average molecular weight is 375 g/mol. The van der Waals surface area contributed by atoms with Crippen LogP contribution in [0.1, 0.15) is 10.4 Å². The molecule has 1 amide bonds. The van der Waals surface area contributed by atoms with Crippen molar-refractivity contribution in [3.63, 3.8) is 0 Å². The Bertz CT molecular complexity index is 1120. The number of benzene rings is 2. The molecule has 2 aromatic heterocycles. The van der Waals surface area contributed by atoms with E-state index in [4.69, 9.17) is 10.7 Å². The van der Waals surface area contributed by atoms with E-state index in [1.807, 2.05) is 35.1 Å². The molecule has 27 heavy (non-hydrogen) atoms. The number of hydrogen-bond donors (Lipinski definition) is 2. The molecular weight excluding hydrogens is 358 g/mol. The van der Waals surface area contributed by atoms with Gasteiger partial charge >= 0.3 is 0 Å². The highest BCUT2D eigenvalue weighted by atomic mass is 32.2. The Balaban J connectivity index is 1.83. The van der Waals surface area contributed by atoms with Gasteiger partial charge in [-0.3, -0.25) is 14.2 Å². The van der Waals surface area contributed by atoms with E-state index in [0.717, 1.165) is 28.4 Å². The van der Waals surface area contributed by atoms with Crippen molar-refractivity contribution in [2.24, 2.45) is 5.73 Å². The number of hydrogen-bond acceptors (Lipinski definition) is 5. The summed E-state index contributed by atoms with van der Waals surface area (Å²) in [5.74, 6) is 0.333. The summed E-state index contributed by atoms with van der Waals surface area (Å²) >= 11 is 1.69. The Morgan fingerprint density at radius 3 is 2.74 bits per heavy atom. The molecule has 0 saturated heterocycles. The number of carbonyl (C=O) groups is 1. The van der Waals surface area contributed by atoms with Crippen molar-refractivity contribution in [1.82, 2.24) is 14.4 Å². The van der Waals surface area contributed by atoms with E-state index >= 15 is 0 Å². The van der Waals surface area contributed by atoms with E-state index < -0.39 is 5.91 Å². The van der Waals surface area contributed by atoms with E-state index in [1.165, 1.54) is 4.90 Å². The summed E-state index contributed by atoms with van der Waals surface area (Å²) in [6.45, 7) is 0. The first-order valence-corrected chi connectivity index (χ1v) is 9.51. The highest BCUT2D eigenvalue weighted by molar-refractivity contribution is 7.98. The third-order valence-corrected chi connectivity index (χ3v) is 4.95. The number of imidazole rings is 1. The van der Waals surface area contributed by atoms with Crippen LogP contribution >= 0.6 is 11.8 Å². The predicted molar refractivity (Wildman–Crippen MR) is 108 cm³/mol. The Kier molecular flexibility index (Phi) is 4.52. The van der Waals surface area contributed by atoms with Crippen LogP contribution in [0.3, 0.4) is 0 Å². The smallest absolute Gasteiger partial charge is 0.248 e. The van der Waals surface area contributed by atoms with Gasteiger partial charge in [-0.05, 0) is 36.6 Å². The van der Waals surface area contributed by atoms with E-state index in [2.05, 4.69) is 22.4 Å². The Morgan fingerprint density at radius 2 is 2.00 bits per heavy atom. The van der Waals surface area contributed by atoms with Gasteiger partial charge in [-0.1, -0.05) is 18.2 Å². The number of carbonyl (C=O) groups excluding carboxylic acids is 1. The van der Waals surface area contributed by atoms with E-state index in [1.54, 1.807) is 42.4 Å². The fraction of sp³-hybridized carbons (Fsp3) is 0.0500. The van der Waals surface area contributed by atoms with Crippen LogP contribution in [-0.2, 0) is 0 Å². The number of nitrogens with two attached hydrogens (primary N) is 1. The fourth-order valence-electron chi connectivity index (χ4n) is 2.86. The summed E-state index contributed by atoms with van der Waals surface area (Å²) in [4.78, 5) is 21.6. The van der Waals surface area contributed by atoms with Gasteiger partial charge in [0.15, 0.2) is 5.65 Å². The first kappa shape index (κ1) is 17.1. The van der Waals surface area contributed by atoms with Gasteiger partial charge in [0.1, 0.15) is 11.5 Å². The summed E-state index contributed by atoms with van der Waals surface area (Å²) in [5, 5.41) is 3.38. The summed E-state index contributed by atoms with van der Waals surface area (Å²) in [6, 6.07) is 15.3. The molecule has 2 heterocycles. The zero-order valence-electron chi connectivity index (χ0n) is 14.6. The highest BCUT2D eigenvalue weighted by Gasteiger charge is 2.15. The molecule has 6 nitrogen and oxygen atoms in total. The first-order valence-electron chi connectivity index (χ1n) is 8.29. The molecule has 0 saturated carbocycles. The third-order valence-electron chi connectivity index (χ3n) is 4.20. The van der Waals surface area contributed by atoms with Crippen LogP contribution in [-0.4, -0.2) is 26.5 Å². The molecule has 2 aromatic carbocycles. The van der Waals surface area contributed by atoms with Crippen molar-refractivity contribution in [3.8, 4) is 11.3 Å². The molecule has 134 valence electrons. The van der Waals surface area contributed by atoms with Gasteiger partial charge in [-0.25, -0.2) is 4.98 Å².